The fourth-order valence-electron chi connectivity index (χ4n) is 2.32. The number of aryl methyl sites for hydroxylation is 1. The maximum Gasteiger partial charge on any atom is 0.126 e. The first-order valence-corrected chi connectivity index (χ1v) is 5.41. The second-order valence-corrected chi connectivity index (χ2v) is 3.94. The Labute approximate surface area is 90.5 Å². The van der Waals surface area contributed by atoms with Gasteiger partial charge in [0.05, 0.1) is 19.6 Å². The van der Waals surface area contributed by atoms with E-state index in [1.54, 1.807) is 7.11 Å². The molecule has 2 rings (SSSR count). The van der Waals surface area contributed by atoms with Crippen molar-refractivity contribution in [2.75, 3.05) is 7.11 Å². The Kier molecular flexibility index (Phi) is 2.91. The van der Waals surface area contributed by atoms with Crippen LogP contribution < -0.4 is 4.74 Å². The zero-order valence-corrected chi connectivity index (χ0v) is 9.05. The topological polar surface area (TPSA) is 33.0 Å². The van der Waals surface area contributed by atoms with Crippen molar-refractivity contribution in [3.05, 3.63) is 28.8 Å². The molecule has 0 aliphatic heterocycles. The Bertz CT molecular complexity index is 404. The lowest BCUT2D eigenvalue weighted by atomic mass is 9.89. The van der Waals surface area contributed by atoms with Crippen LogP contribution in [0.25, 0.3) is 0 Å². The summed E-state index contributed by atoms with van der Waals surface area (Å²) in [5.74, 6) is 0.953. The molecule has 0 N–H and O–H groups in total. The molecule has 0 unspecified atom stereocenters. The molecule has 15 heavy (non-hydrogen) atoms. The smallest absolute Gasteiger partial charge is 0.126 e. The number of nitrogens with zero attached hydrogens (tertiary/aromatic N) is 1. The van der Waals surface area contributed by atoms with Crippen LogP contribution in [0.3, 0.4) is 0 Å². The number of benzene rings is 1. The molecule has 1 aliphatic rings. The van der Waals surface area contributed by atoms with E-state index in [2.05, 4.69) is 12.1 Å². The van der Waals surface area contributed by atoms with Gasteiger partial charge >= 0.3 is 0 Å². The summed E-state index contributed by atoms with van der Waals surface area (Å²) < 4.78 is 5.45. The lowest BCUT2D eigenvalue weighted by Gasteiger charge is -2.20. The fraction of sp³-hybridized carbons (Fsp3) is 0.462. The van der Waals surface area contributed by atoms with Crippen LogP contribution in [-0.4, -0.2) is 7.11 Å². The predicted molar refractivity (Wildman–Crippen MR) is 59.0 cm³/mol. The van der Waals surface area contributed by atoms with Crippen molar-refractivity contribution in [1.29, 1.82) is 5.26 Å². The predicted octanol–water partition coefficient (Wildman–Crippen LogP) is 2.64. The van der Waals surface area contributed by atoms with Crippen molar-refractivity contribution >= 4 is 0 Å². The van der Waals surface area contributed by atoms with Crippen molar-refractivity contribution < 1.29 is 4.74 Å². The highest BCUT2D eigenvalue weighted by atomic mass is 16.5. The molecule has 0 aromatic heterocycles. The molecule has 1 aromatic rings. The lowest BCUT2D eigenvalue weighted by Crippen LogP contribution is -2.06. The summed E-state index contributed by atoms with van der Waals surface area (Å²) in [5.41, 5.74) is 3.76. The molecule has 0 heterocycles. The SMILES string of the molecule is COc1c(CC#N)ccc2c1CCCC2. The summed E-state index contributed by atoms with van der Waals surface area (Å²) in [6, 6.07) is 6.38. The van der Waals surface area contributed by atoms with E-state index in [0.29, 0.717) is 6.42 Å². The number of methoxy groups -OCH3 is 1. The molecule has 0 saturated carbocycles. The summed E-state index contributed by atoms with van der Waals surface area (Å²) in [5, 5.41) is 8.74. The van der Waals surface area contributed by atoms with Gasteiger partial charge in [0.1, 0.15) is 5.75 Å². The maximum atomic E-state index is 8.74. The molecule has 0 radical (unpaired) electrons. The summed E-state index contributed by atoms with van der Waals surface area (Å²) in [6.45, 7) is 0. The highest BCUT2D eigenvalue weighted by molar-refractivity contribution is 5.48. The Morgan fingerprint density at radius 3 is 2.87 bits per heavy atom. The molecular formula is C13H15NO. The average molecular weight is 201 g/mol. The molecule has 0 bridgehead atoms. The van der Waals surface area contributed by atoms with E-state index in [9.17, 15) is 0 Å². The first kappa shape index (κ1) is 10.0. The van der Waals surface area contributed by atoms with E-state index in [1.807, 2.05) is 6.07 Å². The van der Waals surface area contributed by atoms with Crippen LogP contribution in [-0.2, 0) is 19.3 Å². The van der Waals surface area contributed by atoms with Crippen LogP contribution in [0.2, 0.25) is 0 Å². The minimum absolute atomic E-state index is 0.441. The monoisotopic (exact) mass is 201 g/mol. The zero-order chi connectivity index (χ0) is 10.7. The van der Waals surface area contributed by atoms with Gasteiger partial charge in [-0.2, -0.15) is 5.26 Å². The molecule has 1 aliphatic carbocycles. The van der Waals surface area contributed by atoms with Crippen LogP contribution in [0, 0.1) is 11.3 Å². The summed E-state index contributed by atoms with van der Waals surface area (Å²) >= 11 is 0. The van der Waals surface area contributed by atoms with Crippen molar-refractivity contribution in [1.82, 2.24) is 0 Å². The van der Waals surface area contributed by atoms with Gasteiger partial charge in [0, 0.05) is 5.56 Å². The first-order valence-electron chi connectivity index (χ1n) is 5.41. The standard InChI is InChI=1S/C13H15NO/c1-15-13-11(8-9-14)7-6-10-4-2-3-5-12(10)13/h6-7H,2-5,8H2,1H3. The minimum Gasteiger partial charge on any atom is -0.496 e. The average Bonchev–Trinajstić information content (AvgIpc) is 2.29. The third kappa shape index (κ3) is 1.83. The fourth-order valence-corrected chi connectivity index (χ4v) is 2.32. The number of hydrogen-bond donors (Lipinski definition) is 0. The molecule has 2 nitrogen and oxygen atoms in total. The second-order valence-electron chi connectivity index (χ2n) is 3.94. The van der Waals surface area contributed by atoms with E-state index in [-0.39, 0.29) is 0 Å². The summed E-state index contributed by atoms with van der Waals surface area (Å²) in [6.07, 6.45) is 5.19. The number of hydrogen-bond acceptors (Lipinski definition) is 2. The highest BCUT2D eigenvalue weighted by Gasteiger charge is 2.16. The quantitative estimate of drug-likeness (QED) is 0.737. The van der Waals surface area contributed by atoms with Gasteiger partial charge in [-0.3, -0.25) is 0 Å². The largest absolute Gasteiger partial charge is 0.496 e. The third-order valence-electron chi connectivity index (χ3n) is 3.04. The van der Waals surface area contributed by atoms with Crippen LogP contribution in [0.1, 0.15) is 29.5 Å². The van der Waals surface area contributed by atoms with Crippen LogP contribution >= 0.6 is 0 Å². The van der Waals surface area contributed by atoms with Crippen molar-refractivity contribution in [3.63, 3.8) is 0 Å². The maximum absolute atomic E-state index is 8.74. The molecule has 2 heteroatoms. The summed E-state index contributed by atoms with van der Waals surface area (Å²) in [4.78, 5) is 0. The third-order valence-corrected chi connectivity index (χ3v) is 3.04. The van der Waals surface area contributed by atoms with Gasteiger partial charge in [0.2, 0.25) is 0 Å². The molecular weight excluding hydrogens is 186 g/mol. The van der Waals surface area contributed by atoms with E-state index in [1.165, 1.54) is 24.0 Å². The summed E-state index contributed by atoms with van der Waals surface area (Å²) in [7, 11) is 1.70. The van der Waals surface area contributed by atoms with E-state index < -0.39 is 0 Å². The second kappa shape index (κ2) is 4.35. The molecule has 0 amide bonds. The van der Waals surface area contributed by atoms with Crippen LogP contribution in [0.4, 0.5) is 0 Å². The Balaban J connectivity index is 2.47. The molecule has 0 spiro atoms. The van der Waals surface area contributed by atoms with Gasteiger partial charge in [-0.25, -0.2) is 0 Å². The normalized spacial score (nSPS) is 14.1. The van der Waals surface area contributed by atoms with E-state index >= 15 is 0 Å². The Hall–Kier alpha value is -1.49. The number of fused-ring (bicyclic) bond motifs is 1. The van der Waals surface area contributed by atoms with Crippen LogP contribution in [0.5, 0.6) is 5.75 Å². The minimum atomic E-state index is 0.441. The Morgan fingerprint density at radius 1 is 1.33 bits per heavy atom. The lowest BCUT2D eigenvalue weighted by molar-refractivity contribution is 0.402. The molecule has 0 atom stereocenters. The van der Waals surface area contributed by atoms with Gasteiger partial charge in [-0.05, 0) is 36.8 Å². The van der Waals surface area contributed by atoms with Crippen molar-refractivity contribution in [2.45, 2.75) is 32.1 Å². The van der Waals surface area contributed by atoms with Gasteiger partial charge < -0.3 is 4.74 Å². The van der Waals surface area contributed by atoms with E-state index in [0.717, 1.165) is 24.2 Å². The highest BCUT2D eigenvalue weighted by Crippen LogP contribution is 2.32. The molecule has 0 fully saturated rings. The van der Waals surface area contributed by atoms with Crippen LogP contribution in [0.15, 0.2) is 12.1 Å². The zero-order valence-electron chi connectivity index (χ0n) is 9.05. The number of ether oxygens (including phenoxy) is 1. The molecule has 78 valence electrons. The van der Waals surface area contributed by atoms with Gasteiger partial charge in [-0.1, -0.05) is 12.1 Å². The van der Waals surface area contributed by atoms with E-state index in [4.69, 9.17) is 10.00 Å². The van der Waals surface area contributed by atoms with Crippen molar-refractivity contribution in [3.8, 4) is 11.8 Å². The van der Waals surface area contributed by atoms with Gasteiger partial charge in [0.25, 0.3) is 0 Å². The van der Waals surface area contributed by atoms with Gasteiger partial charge in [0.15, 0.2) is 0 Å². The van der Waals surface area contributed by atoms with Crippen molar-refractivity contribution in [2.24, 2.45) is 0 Å². The molecule has 1 aromatic carbocycles. The number of nitriles is 1. The van der Waals surface area contributed by atoms with Gasteiger partial charge in [-0.15, -0.1) is 0 Å². The number of rotatable bonds is 2. The molecule has 0 saturated heterocycles. The Morgan fingerprint density at radius 2 is 2.13 bits per heavy atom. The first-order chi connectivity index (χ1) is 7.36.